The van der Waals surface area contributed by atoms with Gasteiger partial charge < -0.3 is 14.6 Å². The van der Waals surface area contributed by atoms with E-state index in [0.717, 1.165) is 12.8 Å². The van der Waals surface area contributed by atoms with E-state index < -0.39 is 12.0 Å². The Kier molecular flexibility index (Phi) is 3.69. The summed E-state index contributed by atoms with van der Waals surface area (Å²) in [6.07, 6.45) is 3.57. The van der Waals surface area contributed by atoms with Gasteiger partial charge in [0.25, 0.3) is 11.5 Å². The van der Waals surface area contributed by atoms with Gasteiger partial charge in [0.2, 0.25) is 0 Å². The zero-order chi connectivity index (χ0) is 14.0. The average molecular weight is 264 g/mol. The molecule has 1 amide bonds. The second-order valence-electron chi connectivity index (χ2n) is 4.71. The fourth-order valence-corrected chi connectivity index (χ4v) is 2.28. The molecule has 2 rings (SSSR count). The van der Waals surface area contributed by atoms with Gasteiger partial charge in [0.05, 0.1) is 0 Å². The summed E-state index contributed by atoms with van der Waals surface area (Å²) in [4.78, 5) is 36.3. The van der Waals surface area contributed by atoms with E-state index in [2.05, 4.69) is 0 Å². The maximum absolute atomic E-state index is 12.3. The van der Waals surface area contributed by atoms with Crippen LogP contribution in [0.4, 0.5) is 0 Å². The third-order valence-electron chi connectivity index (χ3n) is 3.40. The molecule has 2 heterocycles. The lowest BCUT2D eigenvalue weighted by atomic mass is 10.0. The van der Waals surface area contributed by atoms with E-state index in [1.165, 1.54) is 27.8 Å². The fourth-order valence-electron chi connectivity index (χ4n) is 2.28. The molecule has 1 N–H and O–H groups in total. The molecular formula is C13H16N2O4. The normalized spacial score (nSPS) is 19.2. The van der Waals surface area contributed by atoms with Crippen molar-refractivity contribution < 1.29 is 14.7 Å². The Morgan fingerprint density at radius 1 is 1.37 bits per heavy atom. The first-order valence-corrected chi connectivity index (χ1v) is 6.21. The number of piperidine rings is 1. The zero-order valence-corrected chi connectivity index (χ0v) is 10.7. The van der Waals surface area contributed by atoms with Crippen LogP contribution in [0.2, 0.25) is 0 Å². The Hall–Kier alpha value is -2.11. The molecule has 0 spiro atoms. The van der Waals surface area contributed by atoms with E-state index in [0.29, 0.717) is 13.0 Å². The molecule has 1 fully saturated rings. The van der Waals surface area contributed by atoms with Gasteiger partial charge in [-0.1, -0.05) is 0 Å². The molecule has 6 heteroatoms. The van der Waals surface area contributed by atoms with Crippen LogP contribution in [0, 0.1) is 0 Å². The second kappa shape index (κ2) is 5.26. The van der Waals surface area contributed by atoms with Crippen LogP contribution >= 0.6 is 0 Å². The highest BCUT2D eigenvalue weighted by Gasteiger charge is 2.32. The number of pyridine rings is 1. The Balaban J connectivity index is 2.28. The van der Waals surface area contributed by atoms with E-state index in [9.17, 15) is 14.4 Å². The first-order chi connectivity index (χ1) is 9.00. The van der Waals surface area contributed by atoms with Crippen molar-refractivity contribution in [3.63, 3.8) is 0 Å². The van der Waals surface area contributed by atoms with Gasteiger partial charge in [-0.05, 0) is 25.3 Å². The van der Waals surface area contributed by atoms with E-state index in [1.807, 2.05) is 0 Å². The highest BCUT2D eigenvalue weighted by atomic mass is 16.4. The van der Waals surface area contributed by atoms with Crippen molar-refractivity contribution in [3.8, 4) is 0 Å². The number of hydrogen-bond donors (Lipinski definition) is 1. The molecule has 1 saturated heterocycles. The molecule has 0 aromatic carbocycles. The molecule has 1 aliphatic heterocycles. The Morgan fingerprint density at radius 3 is 2.74 bits per heavy atom. The van der Waals surface area contributed by atoms with Crippen molar-refractivity contribution in [2.75, 3.05) is 6.54 Å². The predicted octanol–water partition coefficient (Wildman–Crippen LogP) is 0.465. The average Bonchev–Trinajstić information content (AvgIpc) is 2.41. The SMILES string of the molecule is Cn1ccc(C(=O)N2CCCC[C@@H]2C(=O)O)cc1=O. The largest absolute Gasteiger partial charge is 0.480 e. The topological polar surface area (TPSA) is 79.6 Å². The third-order valence-corrected chi connectivity index (χ3v) is 3.40. The Morgan fingerprint density at radius 2 is 2.11 bits per heavy atom. The zero-order valence-electron chi connectivity index (χ0n) is 10.7. The lowest BCUT2D eigenvalue weighted by Gasteiger charge is -2.32. The third kappa shape index (κ3) is 2.67. The lowest BCUT2D eigenvalue weighted by molar-refractivity contribution is -0.143. The summed E-state index contributed by atoms with van der Waals surface area (Å²) in [5, 5.41) is 9.14. The smallest absolute Gasteiger partial charge is 0.326 e. The number of amides is 1. The lowest BCUT2D eigenvalue weighted by Crippen LogP contribution is -2.48. The maximum Gasteiger partial charge on any atom is 0.326 e. The summed E-state index contributed by atoms with van der Waals surface area (Å²) >= 11 is 0. The number of carboxylic acids is 1. The van der Waals surface area contributed by atoms with E-state index in [4.69, 9.17) is 5.11 Å². The standard InChI is InChI=1S/C13H16N2O4/c1-14-7-5-9(8-11(14)16)12(17)15-6-3-2-4-10(15)13(18)19/h5,7-8,10H,2-4,6H2,1H3,(H,18,19)/t10-/m1/s1. The van der Waals surface area contributed by atoms with Crippen molar-refractivity contribution in [1.29, 1.82) is 0 Å². The van der Waals surface area contributed by atoms with Crippen molar-refractivity contribution in [2.24, 2.45) is 7.05 Å². The first kappa shape index (κ1) is 13.3. The summed E-state index contributed by atoms with van der Waals surface area (Å²) in [6.45, 7) is 0.422. The number of aromatic nitrogens is 1. The number of carboxylic acid groups (broad SMARTS) is 1. The first-order valence-electron chi connectivity index (χ1n) is 6.21. The molecule has 1 atom stereocenters. The second-order valence-corrected chi connectivity index (χ2v) is 4.71. The predicted molar refractivity (Wildman–Crippen MR) is 68.0 cm³/mol. The van der Waals surface area contributed by atoms with Gasteiger partial charge in [0, 0.05) is 31.4 Å². The quantitative estimate of drug-likeness (QED) is 0.841. The molecule has 0 bridgehead atoms. The number of aliphatic carboxylic acids is 1. The molecule has 0 saturated carbocycles. The van der Waals surface area contributed by atoms with Gasteiger partial charge in [-0.3, -0.25) is 9.59 Å². The van der Waals surface area contributed by atoms with Gasteiger partial charge in [-0.2, -0.15) is 0 Å². The van der Waals surface area contributed by atoms with Crippen LogP contribution in [0.3, 0.4) is 0 Å². The monoisotopic (exact) mass is 264 g/mol. The summed E-state index contributed by atoms with van der Waals surface area (Å²) < 4.78 is 1.36. The molecule has 0 aliphatic carbocycles. The van der Waals surface area contributed by atoms with E-state index in [-0.39, 0.29) is 17.0 Å². The van der Waals surface area contributed by atoms with Crippen molar-refractivity contribution >= 4 is 11.9 Å². The molecule has 19 heavy (non-hydrogen) atoms. The molecule has 1 aliphatic rings. The Bertz CT molecular complexity index is 564. The van der Waals surface area contributed by atoms with Crippen LogP contribution in [0.1, 0.15) is 29.6 Å². The van der Waals surface area contributed by atoms with Crippen LogP contribution in [0.25, 0.3) is 0 Å². The van der Waals surface area contributed by atoms with E-state index >= 15 is 0 Å². The van der Waals surface area contributed by atoms with Gasteiger partial charge in [-0.15, -0.1) is 0 Å². The number of rotatable bonds is 2. The number of nitrogens with zero attached hydrogens (tertiary/aromatic N) is 2. The minimum absolute atomic E-state index is 0.247. The highest BCUT2D eigenvalue weighted by Crippen LogP contribution is 2.19. The summed E-state index contributed by atoms with van der Waals surface area (Å²) in [5.41, 5.74) is -0.0361. The number of carbonyl (C=O) groups is 2. The van der Waals surface area contributed by atoms with Crippen LogP contribution < -0.4 is 5.56 Å². The van der Waals surface area contributed by atoms with Gasteiger partial charge >= 0.3 is 5.97 Å². The molecule has 6 nitrogen and oxygen atoms in total. The highest BCUT2D eigenvalue weighted by molar-refractivity contribution is 5.96. The van der Waals surface area contributed by atoms with Crippen molar-refractivity contribution in [2.45, 2.75) is 25.3 Å². The number of aryl methyl sites for hydroxylation is 1. The molecule has 0 unspecified atom stereocenters. The molecule has 1 aromatic rings. The van der Waals surface area contributed by atoms with Crippen molar-refractivity contribution in [3.05, 3.63) is 34.2 Å². The maximum atomic E-state index is 12.3. The minimum atomic E-state index is -0.989. The van der Waals surface area contributed by atoms with Gasteiger partial charge in [0.15, 0.2) is 0 Å². The minimum Gasteiger partial charge on any atom is -0.480 e. The van der Waals surface area contributed by atoms with Gasteiger partial charge in [0.1, 0.15) is 6.04 Å². The summed E-state index contributed by atoms with van der Waals surface area (Å²) in [6, 6.07) is 2.00. The molecule has 1 aromatic heterocycles. The fraction of sp³-hybridized carbons (Fsp3) is 0.462. The van der Waals surface area contributed by atoms with Crippen LogP contribution in [0.15, 0.2) is 23.1 Å². The number of likely N-dealkylation sites (tertiary alicyclic amines) is 1. The van der Waals surface area contributed by atoms with Crippen LogP contribution in [0.5, 0.6) is 0 Å². The van der Waals surface area contributed by atoms with Crippen LogP contribution in [-0.2, 0) is 11.8 Å². The van der Waals surface area contributed by atoms with Gasteiger partial charge in [-0.25, -0.2) is 4.79 Å². The van der Waals surface area contributed by atoms with Crippen molar-refractivity contribution in [1.82, 2.24) is 9.47 Å². The summed E-state index contributed by atoms with van der Waals surface area (Å²) in [5.74, 6) is -1.37. The summed E-state index contributed by atoms with van der Waals surface area (Å²) in [7, 11) is 1.59. The number of carbonyl (C=O) groups excluding carboxylic acids is 1. The number of hydrogen-bond acceptors (Lipinski definition) is 3. The van der Waals surface area contributed by atoms with Crippen LogP contribution in [-0.4, -0.2) is 39.0 Å². The van der Waals surface area contributed by atoms with E-state index in [1.54, 1.807) is 7.05 Å². The molecular weight excluding hydrogens is 248 g/mol. The molecule has 102 valence electrons. The Labute approximate surface area is 110 Å². The molecule has 0 radical (unpaired) electrons.